The molecule has 2 rings (SSSR count). The summed E-state index contributed by atoms with van der Waals surface area (Å²) in [5.41, 5.74) is 0.458. The Bertz CT molecular complexity index is 641. The molecule has 0 bridgehead atoms. The van der Waals surface area contributed by atoms with Gasteiger partial charge in [0.2, 0.25) is 5.91 Å². The van der Waals surface area contributed by atoms with Crippen LogP contribution in [0, 0.1) is 5.92 Å². The summed E-state index contributed by atoms with van der Waals surface area (Å²) >= 11 is 0. The molecule has 0 spiro atoms. The summed E-state index contributed by atoms with van der Waals surface area (Å²) in [6.07, 6.45) is 2.28. The Morgan fingerprint density at radius 3 is 2.43 bits per heavy atom. The van der Waals surface area contributed by atoms with Crippen LogP contribution in [-0.2, 0) is 14.3 Å². The van der Waals surface area contributed by atoms with Crippen LogP contribution < -0.4 is 15.4 Å². The molecular weight excluding hydrogens is 364 g/mol. The third-order valence-electron chi connectivity index (χ3n) is 4.36. The van der Waals surface area contributed by atoms with Gasteiger partial charge >= 0.3 is 6.16 Å². The minimum absolute atomic E-state index is 0.0513. The van der Waals surface area contributed by atoms with Gasteiger partial charge in [-0.25, -0.2) is 4.79 Å². The van der Waals surface area contributed by atoms with E-state index in [1.165, 1.54) is 12.1 Å². The van der Waals surface area contributed by atoms with Crippen molar-refractivity contribution in [1.82, 2.24) is 10.6 Å². The first kappa shape index (κ1) is 21.7. The molecule has 1 aromatic rings. The Kier molecular flexibility index (Phi) is 9.27. The van der Waals surface area contributed by atoms with Gasteiger partial charge in [0.1, 0.15) is 5.75 Å². The van der Waals surface area contributed by atoms with E-state index in [1.54, 1.807) is 19.1 Å². The Balaban J connectivity index is 1.60. The summed E-state index contributed by atoms with van der Waals surface area (Å²) in [6, 6.07) is 6.20. The molecule has 1 saturated heterocycles. The number of hydrogen-bond donors (Lipinski definition) is 2. The van der Waals surface area contributed by atoms with Gasteiger partial charge in [0.15, 0.2) is 0 Å². The summed E-state index contributed by atoms with van der Waals surface area (Å²) < 4.78 is 14.9. The molecule has 28 heavy (non-hydrogen) atoms. The van der Waals surface area contributed by atoms with Crippen LogP contribution >= 0.6 is 0 Å². The van der Waals surface area contributed by atoms with Crippen molar-refractivity contribution in [3.8, 4) is 5.75 Å². The molecule has 0 atom stereocenters. The molecule has 8 heteroatoms. The lowest BCUT2D eigenvalue weighted by Gasteiger charge is -2.21. The summed E-state index contributed by atoms with van der Waals surface area (Å²) in [4.78, 5) is 35.2. The first-order valence-corrected chi connectivity index (χ1v) is 9.65. The average Bonchev–Trinajstić information content (AvgIpc) is 2.69. The quantitative estimate of drug-likeness (QED) is 0.380. The number of hydrogen-bond acceptors (Lipinski definition) is 6. The minimum atomic E-state index is -0.779. The third-order valence-corrected chi connectivity index (χ3v) is 4.36. The monoisotopic (exact) mass is 392 g/mol. The fraction of sp³-hybridized carbons (Fsp3) is 0.550. The van der Waals surface area contributed by atoms with Crippen molar-refractivity contribution in [2.75, 3.05) is 32.9 Å². The highest BCUT2D eigenvalue weighted by Gasteiger charge is 2.17. The topological polar surface area (TPSA) is 103 Å². The van der Waals surface area contributed by atoms with Crippen molar-refractivity contribution < 1.29 is 28.6 Å². The summed E-state index contributed by atoms with van der Waals surface area (Å²) in [5.74, 6) is 0.540. The SMILES string of the molecule is CCOC(=O)Oc1ccc(C(=O)NCCCNC(=O)CC2CCOCC2)cc1. The molecule has 8 nitrogen and oxygen atoms in total. The molecule has 154 valence electrons. The zero-order valence-corrected chi connectivity index (χ0v) is 16.2. The molecule has 0 aliphatic carbocycles. The zero-order chi connectivity index (χ0) is 20.2. The van der Waals surface area contributed by atoms with E-state index in [0.29, 0.717) is 43.2 Å². The molecule has 2 amide bonds. The average molecular weight is 392 g/mol. The predicted molar refractivity (Wildman–Crippen MR) is 102 cm³/mol. The molecule has 1 fully saturated rings. The number of benzene rings is 1. The Labute approximate surface area is 164 Å². The Morgan fingerprint density at radius 2 is 1.75 bits per heavy atom. The molecule has 0 aromatic heterocycles. The summed E-state index contributed by atoms with van der Waals surface area (Å²) in [5, 5.41) is 5.68. The van der Waals surface area contributed by atoms with Crippen LogP contribution in [0.5, 0.6) is 5.75 Å². The van der Waals surface area contributed by atoms with E-state index in [9.17, 15) is 14.4 Å². The molecular formula is C20H28N2O6. The number of carbonyl (C=O) groups excluding carboxylic acids is 3. The standard InChI is InChI=1S/C20H28N2O6/c1-2-27-20(25)28-17-6-4-16(5-7-17)19(24)22-11-3-10-21-18(23)14-15-8-12-26-13-9-15/h4-7,15H,2-3,8-14H2,1H3,(H,21,23)(H,22,24). The maximum Gasteiger partial charge on any atom is 0.513 e. The first-order valence-electron chi connectivity index (χ1n) is 9.65. The lowest BCUT2D eigenvalue weighted by Crippen LogP contribution is -2.31. The molecule has 2 N–H and O–H groups in total. The van der Waals surface area contributed by atoms with Gasteiger partial charge in [-0.1, -0.05) is 0 Å². The number of carbonyl (C=O) groups is 3. The smallest absolute Gasteiger partial charge is 0.434 e. The molecule has 1 aromatic carbocycles. The normalized spacial score (nSPS) is 14.2. The van der Waals surface area contributed by atoms with Gasteiger partial charge in [0.25, 0.3) is 5.91 Å². The molecule has 1 aliphatic rings. The fourth-order valence-corrected chi connectivity index (χ4v) is 2.82. The van der Waals surface area contributed by atoms with Crippen molar-refractivity contribution in [3.63, 3.8) is 0 Å². The van der Waals surface area contributed by atoms with Gasteiger partial charge in [-0.2, -0.15) is 0 Å². The second kappa shape index (κ2) is 12.0. The Hall–Kier alpha value is -2.61. The van der Waals surface area contributed by atoms with Crippen molar-refractivity contribution in [1.29, 1.82) is 0 Å². The number of nitrogens with one attached hydrogen (secondary N) is 2. The second-order valence-corrected chi connectivity index (χ2v) is 6.53. The van der Waals surface area contributed by atoms with Gasteiger partial charge < -0.3 is 24.8 Å². The largest absolute Gasteiger partial charge is 0.513 e. The third kappa shape index (κ3) is 7.96. The number of amides is 2. The molecule has 1 aliphatic heterocycles. The first-order chi connectivity index (χ1) is 13.6. The maximum absolute atomic E-state index is 12.1. The van der Waals surface area contributed by atoms with Crippen LogP contribution in [0.4, 0.5) is 4.79 Å². The molecule has 0 unspecified atom stereocenters. The molecule has 0 saturated carbocycles. The van der Waals surface area contributed by atoms with Crippen molar-refractivity contribution in [2.24, 2.45) is 5.92 Å². The van der Waals surface area contributed by atoms with E-state index in [1.807, 2.05) is 0 Å². The lowest BCUT2D eigenvalue weighted by molar-refractivity contribution is -0.122. The number of ether oxygens (including phenoxy) is 3. The van der Waals surface area contributed by atoms with Gasteiger partial charge in [0, 0.05) is 38.3 Å². The van der Waals surface area contributed by atoms with Gasteiger partial charge in [0.05, 0.1) is 6.61 Å². The van der Waals surface area contributed by atoms with Gasteiger partial charge in [-0.05, 0) is 56.4 Å². The highest BCUT2D eigenvalue weighted by molar-refractivity contribution is 5.94. The van der Waals surface area contributed by atoms with E-state index >= 15 is 0 Å². The summed E-state index contributed by atoms with van der Waals surface area (Å²) in [7, 11) is 0. The van der Waals surface area contributed by atoms with Gasteiger partial charge in [-0.3, -0.25) is 9.59 Å². The highest BCUT2D eigenvalue weighted by atomic mass is 16.7. The van der Waals surface area contributed by atoms with E-state index in [-0.39, 0.29) is 18.4 Å². The van der Waals surface area contributed by atoms with Crippen molar-refractivity contribution >= 4 is 18.0 Å². The van der Waals surface area contributed by atoms with Crippen molar-refractivity contribution in [2.45, 2.75) is 32.6 Å². The number of rotatable bonds is 9. The second-order valence-electron chi connectivity index (χ2n) is 6.53. The Morgan fingerprint density at radius 1 is 1.07 bits per heavy atom. The maximum atomic E-state index is 12.1. The van der Waals surface area contributed by atoms with E-state index in [0.717, 1.165) is 26.1 Å². The minimum Gasteiger partial charge on any atom is -0.434 e. The fourth-order valence-electron chi connectivity index (χ4n) is 2.82. The van der Waals surface area contributed by atoms with Crippen LogP contribution in [0.15, 0.2) is 24.3 Å². The summed E-state index contributed by atoms with van der Waals surface area (Å²) in [6.45, 7) is 4.37. The van der Waals surface area contributed by atoms with Crippen LogP contribution in [-0.4, -0.2) is 50.9 Å². The van der Waals surface area contributed by atoms with E-state index in [4.69, 9.17) is 9.47 Å². The van der Waals surface area contributed by atoms with E-state index in [2.05, 4.69) is 15.4 Å². The lowest BCUT2D eigenvalue weighted by atomic mass is 9.96. The van der Waals surface area contributed by atoms with Gasteiger partial charge in [-0.15, -0.1) is 0 Å². The highest BCUT2D eigenvalue weighted by Crippen LogP contribution is 2.18. The molecule has 0 radical (unpaired) electrons. The molecule has 1 heterocycles. The van der Waals surface area contributed by atoms with Crippen LogP contribution in [0.2, 0.25) is 0 Å². The van der Waals surface area contributed by atoms with Crippen LogP contribution in [0.3, 0.4) is 0 Å². The zero-order valence-electron chi connectivity index (χ0n) is 16.2. The van der Waals surface area contributed by atoms with Crippen molar-refractivity contribution in [3.05, 3.63) is 29.8 Å². The van der Waals surface area contributed by atoms with Crippen LogP contribution in [0.1, 0.15) is 43.0 Å². The van der Waals surface area contributed by atoms with Crippen LogP contribution in [0.25, 0.3) is 0 Å². The predicted octanol–water partition coefficient (Wildman–Crippen LogP) is 2.27. The van der Waals surface area contributed by atoms with E-state index < -0.39 is 6.16 Å².